The number of aliphatic hydroxyl groups excluding tert-OH is 1. The van der Waals surface area contributed by atoms with E-state index in [1.165, 1.54) is 22.9 Å². The van der Waals surface area contributed by atoms with E-state index in [-0.39, 0.29) is 24.1 Å². The molecule has 0 saturated carbocycles. The average molecular weight is 555 g/mol. The van der Waals surface area contributed by atoms with Gasteiger partial charge in [-0.25, -0.2) is 4.39 Å². The van der Waals surface area contributed by atoms with Gasteiger partial charge in [-0.05, 0) is 36.2 Å². The van der Waals surface area contributed by atoms with E-state index in [1.54, 1.807) is 37.2 Å². The lowest BCUT2D eigenvalue weighted by molar-refractivity contribution is -0.117. The zero-order valence-corrected chi connectivity index (χ0v) is 22.3. The lowest BCUT2D eigenvalue weighted by atomic mass is 10.2. The quantitative estimate of drug-likeness (QED) is 0.279. The lowest BCUT2D eigenvalue weighted by Gasteiger charge is -2.21. The van der Waals surface area contributed by atoms with Gasteiger partial charge >= 0.3 is 0 Å². The Morgan fingerprint density at radius 1 is 1.23 bits per heavy atom. The van der Waals surface area contributed by atoms with Crippen molar-refractivity contribution in [3.63, 3.8) is 0 Å². The summed E-state index contributed by atoms with van der Waals surface area (Å²) in [7, 11) is 3.13. The van der Waals surface area contributed by atoms with Gasteiger partial charge in [-0.3, -0.25) is 19.1 Å². The molecule has 204 valence electrons. The summed E-state index contributed by atoms with van der Waals surface area (Å²) >= 11 is 1.36. The number of anilines is 2. The van der Waals surface area contributed by atoms with Gasteiger partial charge in [0, 0.05) is 17.7 Å². The predicted octanol–water partition coefficient (Wildman–Crippen LogP) is 3.87. The van der Waals surface area contributed by atoms with Gasteiger partial charge in [0.05, 0.1) is 57.1 Å². The summed E-state index contributed by atoms with van der Waals surface area (Å²) in [5.74, 6) is 1.60. The summed E-state index contributed by atoms with van der Waals surface area (Å²) < 4.78 is 35.9. The molecule has 4 aromatic rings. The topological polar surface area (TPSA) is 128 Å². The number of furan rings is 1. The molecule has 39 heavy (non-hydrogen) atoms. The fraction of sp³-hybridized carbons (Fsp3) is 0.308. The van der Waals surface area contributed by atoms with Crippen LogP contribution in [0.5, 0.6) is 11.5 Å². The minimum atomic E-state index is -0.788. The molecule has 1 fully saturated rings. The second kappa shape index (κ2) is 11.3. The van der Waals surface area contributed by atoms with E-state index in [0.717, 1.165) is 6.20 Å². The number of methoxy groups -OCH3 is 2. The maximum Gasteiger partial charge on any atom is 0.239 e. The normalized spacial score (nSPS) is 16.0. The molecule has 4 heterocycles. The highest BCUT2D eigenvalue weighted by atomic mass is 32.2. The number of hydrogen-bond donors (Lipinski definition) is 2. The molecule has 2 unspecified atom stereocenters. The number of aliphatic hydroxyl groups is 1. The molecule has 5 rings (SSSR count). The van der Waals surface area contributed by atoms with Crippen molar-refractivity contribution < 1.29 is 28.2 Å². The Hall–Kier alpha value is -4.10. The minimum Gasteiger partial charge on any atom is -0.494 e. The number of halogens is 1. The fourth-order valence-corrected chi connectivity index (χ4v) is 5.10. The number of amides is 1. The van der Waals surface area contributed by atoms with Crippen LogP contribution in [0.15, 0.2) is 53.3 Å². The number of nitrogens with one attached hydrogen (secondary N) is 1. The number of pyridine rings is 1. The van der Waals surface area contributed by atoms with Crippen LogP contribution in [0.25, 0.3) is 17.3 Å². The number of carbonyl (C=O) groups excluding carboxylic acids is 1. The molecule has 0 bridgehead atoms. The van der Waals surface area contributed by atoms with Gasteiger partial charge in [0.25, 0.3) is 0 Å². The number of rotatable bonds is 10. The fourth-order valence-electron chi connectivity index (χ4n) is 4.42. The predicted molar refractivity (Wildman–Crippen MR) is 144 cm³/mol. The van der Waals surface area contributed by atoms with Crippen LogP contribution in [-0.2, 0) is 11.2 Å². The Morgan fingerprint density at radius 3 is 2.64 bits per heavy atom. The first-order chi connectivity index (χ1) is 18.9. The molecule has 13 heteroatoms. The van der Waals surface area contributed by atoms with Gasteiger partial charge in [-0.2, -0.15) is 0 Å². The van der Waals surface area contributed by atoms with E-state index >= 15 is 0 Å². The molecular weight excluding hydrogens is 527 g/mol. The highest BCUT2D eigenvalue weighted by Crippen LogP contribution is 2.38. The van der Waals surface area contributed by atoms with Crippen molar-refractivity contribution in [2.45, 2.75) is 31.1 Å². The largest absolute Gasteiger partial charge is 0.494 e. The van der Waals surface area contributed by atoms with Crippen LogP contribution < -0.4 is 19.1 Å². The molecular formula is C26H27FN6O5S. The van der Waals surface area contributed by atoms with Crippen molar-refractivity contribution in [1.82, 2.24) is 19.7 Å². The summed E-state index contributed by atoms with van der Waals surface area (Å²) in [4.78, 5) is 18.0. The second-order valence-corrected chi connectivity index (χ2v) is 10.1. The number of para-hydroxylation sites is 1. The van der Waals surface area contributed by atoms with Gasteiger partial charge in [0.15, 0.2) is 5.76 Å². The first-order valence-corrected chi connectivity index (χ1v) is 13.0. The van der Waals surface area contributed by atoms with Gasteiger partial charge in [-0.15, -0.1) is 10.2 Å². The van der Waals surface area contributed by atoms with Crippen molar-refractivity contribution in [3.8, 4) is 28.8 Å². The number of nitrogens with zero attached hydrogens (tertiary/aromatic N) is 5. The Balaban J connectivity index is 1.42. The van der Waals surface area contributed by atoms with E-state index in [4.69, 9.17) is 13.9 Å². The highest BCUT2D eigenvalue weighted by molar-refractivity contribution is 8.01. The molecule has 11 nitrogen and oxygen atoms in total. The molecule has 3 aromatic heterocycles. The maximum absolute atomic E-state index is 14.1. The van der Waals surface area contributed by atoms with Crippen LogP contribution in [0.2, 0.25) is 0 Å². The number of ether oxygens (including phenoxy) is 2. The van der Waals surface area contributed by atoms with Crippen LogP contribution in [0.3, 0.4) is 0 Å². The van der Waals surface area contributed by atoms with Crippen molar-refractivity contribution in [2.24, 2.45) is 0 Å². The third kappa shape index (κ3) is 5.40. The van der Waals surface area contributed by atoms with Crippen LogP contribution in [0, 0.1) is 5.82 Å². The van der Waals surface area contributed by atoms with E-state index in [0.29, 0.717) is 52.5 Å². The van der Waals surface area contributed by atoms with Crippen molar-refractivity contribution in [1.29, 1.82) is 0 Å². The number of aromatic nitrogens is 4. The number of benzene rings is 1. The van der Waals surface area contributed by atoms with E-state index in [2.05, 4.69) is 19.9 Å². The van der Waals surface area contributed by atoms with Gasteiger partial charge in [-0.1, -0.05) is 13.0 Å². The first kappa shape index (κ1) is 26.5. The third-order valence-electron chi connectivity index (χ3n) is 6.17. The molecule has 2 N–H and O–H groups in total. The SMILES string of the molecule is COc1cccc(OC)c1-n1c(NSC(C)Cc2ncc(F)cc2N2CC(O)CC2=O)nnc1-c1ccco1. The zero-order valence-electron chi connectivity index (χ0n) is 21.5. The molecule has 1 aromatic carbocycles. The number of carbonyl (C=O) groups is 1. The van der Waals surface area contributed by atoms with Gasteiger partial charge in [0.2, 0.25) is 17.7 Å². The van der Waals surface area contributed by atoms with Crippen LogP contribution in [-0.4, -0.2) is 62.9 Å². The lowest BCUT2D eigenvalue weighted by Crippen LogP contribution is -2.27. The Labute approximate surface area is 228 Å². The summed E-state index contributed by atoms with van der Waals surface area (Å²) in [5, 5.41) is 18.5. The van der Waals surface area contributed by atoms with E-state index < -0.39 is 11.9 Å². The number of hydrogen-bond acceptors (Lipinski definition) is 10. The first-order valence-electron chi connectivity index (χ1n) is 12.1. The van der Waals surface area contributed by atoms with E-state index in [1.807, 2.05) is 25.1 Å². The Morgan fingerprint density at radius 2 is 2.00 bits per heavy atom. The second-order valence-electron chi connectivity index (χ2n) is 8.89. The summed E-state index contributed by atoms with van der Waals surface area (Å²) in [5.41, 5.74) is 1.50. The Kier molecular flexibility index (Phi) is 7.70. The zero-order chi connectivity index (χ0) is 27.5. The monoisotopic (exact) mass is 554 g/mol. The molecule has 2 atom stereocenters. The van der Waals surface area contributed by atoms with Crippen LogP contribution in [0.4, 0.5) is 16.0 Å². The molecule has 1 aliphatic heterocycles. The van der Waals surface area contributed by atoms with Crippen molar-refractivity contribution in [3.05, 3.63) is 60.4 Å². The summed E-state index contributed by atoms with van der Waals surface area (Å²) in [6.45, 7) is 2.07. The van der Waals surface area contributed by atoms with Gasteiger partial charge in [0.1, 0.15) is 23.0 Å². The maximum atomic E-state index is 14.1. The molecule has 1 aliphatic rings. The van der Waals surface area contributed by atoms with E-state index in [9.17, 15) is 14.3 Å². The third-order valence-corrected chi connectivity index (χ3v) is 7.04. The summed E-state index contributed by atoms with van der Waals surface area (Å²) in [6, 6.07) is 10.3. The number of β-amino-alcohol motifs (C(OH)–C–C–N with tert-alkyl or cyclic N) is 1. The molecule has 0 aliphatic carbocycles. The molecule has 1 saturated heterocycles. The summed E-state index contributed by atoms with van der Waals surface area (Å²) in [6.07, 6.45) is 2.30. The molecule has 0 spiro atoms. The average Bonchev–Trinajstić information content (AvgIpc) is 3.67. The minimum absolute atomic E-state index is 0.00187. The Bertz CT molecular complexity index is 1440. The van der Waals surface area contributed by atoms with Gasteiger partial charge < -0.3 is 23.9 Å². The van der Waals surface area contributed by atoms with Crippen LogP contribution in [0.1, 0.15) is 19.0 Å². The van der Waals surface area contributed by atoms with Crippen LogP contribution >= 0.6 is 11.9 Å². The van der Waals surface area contributed by atoms with Crippen molar-refractivity contribution >= 4 is 29.5 Å². The smallest absolute Gasteiger partial charge is 0.239 e. The van der Waals surface area contributed by atoms with Crippen molar-refractivity contribution in [2.75, 3.05) is 30.4 Å². The molecule has 1 amide bonds. The standard InChI is InChI=1S/C26H27FN6O5S/c1-15(10-18-19(11-16(27)13-28-18)32-14-17(34)12-23(32)35)39-31-26-30-29-25(22-8-5-9-38-22)33(26)24-20(36-2)6-4-7-21(24)37-3/h4-9,11,13,15,17,34H,10,12,14H2,1-3H3,(H,30,31). The highest BCUT2D eigenvalue weighted by Gasteiger charge is 2.31. The molecule has 0 radical (unpaired) electrons.